The molecule has 1 heterocycles. The predicted octanol–water partition coefficient (Wildman–Crippen LogP) is 4.14. The van der Waals surface area contributed by atoms with Crippen molar-refractivity contribution in [2.24, 2.45) is 5.41 Å². The van der Waals surface area contributed by atoms with E-state index < -0.39 is 0 Å². The molecule has 1 fully saturated rings. The average Bonchev–Trinajstić information content (AvgIpc) is 2.38. The molecule has 0 amide bonds. The fourth-order valence-corrected chi connectivity index (χ4v) is 2.86. The van der Waals surface area contributed by atoms with Crippen molar-refractivity contribution in [1.82, 2.24) is 5.32 Å². The summed E-state index contributed by atoms with van der Waals surface area (Å²) in [6, 6.07) is 0.587. The van der Waals surface area contributed by atoms with Gasteiger partial charge in [0.05, 0.1) is 6.61 Å². The van der Waals surface area contributed by atoms with Gasteiger partial charge in [0.1, 0.15) is 0 Å². The topological polar surface area (TPSA) is 21.3 Å². The maximum absolute atomic E-state index is 5.76. The van der Waals surface area contributed by atoms with Gasteiger partial charge in [-0.1, -0.05) is 52.9 Å². The van der Waals surface area contributed by atoms with Crippen LogP contribution >= 0.6 is 0 Å². The minimum absolute atomic E-state index is 0.425. The third kappa shape index (κ3) is 6.19. The highest BCUT2D eigenvalue weighted by Crippen LogP contribution is 2.33. The van der Waals surface area contributed by atoms with Crippen LogP contribution in [-0.4, -0.2) is 25.8 Å². The summed E-state index contributed by atoms with van der Waals surface area (Å²) in [6.45, 7) is 9.83. The molecule has 1 atom stereocenters. The number of hydrogen-bond acceptors (Lipinski definition) is 2. The molecule has 1 N–H and O–H groups in total. The van der Waals surface area contributed by atoms with Crippen molar-refractivity contribution in [3.05, 3.63) is 0 Å². The lowest BCUT2D eigenvalue weighted by Crippen LogP contribution is -2.43. The van der Waals surface area contributed by atoms with Crippen LogP contribution in [0.25, 0.3) is 0 Å². The Morgan fingerprint density at radius 2 is 1.94 bits per heavy atom. The largest absolute Gasteiger partial charge is 0.381 e. The highest BCUT2D eigenvalue weighted by atomic mass is 16.5. The molecule has 0 saturated carbocycles. The van der Waals surface area contributed by atoms with E-state index in [0.717, 1.165) is 19.8 Å². The zero-order valence-electron chi connectivity index (χ0n) is 12.8. The summed E-state index contributed by atoms with van der Waals surface area (Å²) in [6.07, 6.45) is 10.9. The maximum Gasteiger partial charge on any atom is 0.0534 e. The highest BCUT2D eigenvalue weighted by Gasteiger charge is 2.32. The number of rotatable bonds is 9. The van der Waals surface area contributed by atoms with Crippen LogP contribution in [0.4, 0.5) is 0 Å². The summed E-state index contributed by atoms with van der Waals surface area (Å²) >= 11 is 0. The normalized spacial score (nSPS) is 24.7. The van der Waals surface area contributed by atoms with Gasteiger partial charge in [-0.05, 0) is 19.3 Å². The molecule has 1 saturated heterocycles. The van der Waals surface area contributed by atoms with Gasteiger partial charge in [-0.2, -0.15) is 0 Å². The Bertz CT molecular complexity index is 197. The molecule has 2 heteroatoms. The molecule has 1 aliphatic rings. The minimum Gasteiger partial charge on any atom is -0.381 e. The van der Waals surface area contributed by atoms with Crippen molar-refractivity contribution in [3.8, 4) is 0 Å². The minimum atomic E-state index is 0.425. The quantitative estimate of drug-likeness (QED) is 0.625. The molecule has 0 aromatic carbocycles. The van der Waals surface area contributed by atoms with Gasteiger partial charge in [-0.25, -0.2) is 0 Å². The number of ether oxygens (including phenoxy) is 1. The summed E-state index contributed by atoms with van der Waals surface area (Å²) < 4.78 is 5.76. The van der Waals surface area contributed by atoms with Gasteiger partial charge >= 0.3 is 0 Å². The molecule has 2 nitrogen and oxygen atoms in total. The first kappa shape index (κ1) is 16.0. The van der Waals surface area contributed by atoms with Crippen LogP contribution in [-0.2, 0) is 4.74 Å². The molecule has 0 aliphatic carbocycles. The smallest absolute Gasteiger partial charge is 0.0534 e. The third-order valence-corrected chi connectivity index (χ3v) is 4.10. The molecule has 1 unspecified atom stereocenters. The van der Waals surface area contributed by atoms with E-state index in [4.69, 9.17) is 4.74 Å². The second kappa shape index (κ2) is 8.92. The van der Waals surface area contributed by atoms with Gasteiger partial charge in [0.15, 0.2) is 0 Å². The first-order chi connectivity index (χ1) is 8.68. The van der Waals surface area contributed by atoms with Gasteiger partial charge in [0, 0.05) is 24.6 Å². The molecule has 0 aromatic rings. The lowest BCUT2D eigenvalue weighted by molar-refractivity contribution is -0.0142. The van der Waals surface area contributed by atoms with Crippen LogP contribution in [0.5, 0.6) is 0 Å². The lowest BCUT2D eigenvalue weighted by Gasteiger charge is -2.38. The zero-order valence-corrected chi connectivity index (χ0v) is 12.8. The Morgan fingerprint density at radius 3 is 2.56 bits per heavy atom. The SMILES string of the molecule is CCCCCCCC1(CNC(C)C)CCCOC1. The Labute approximate surface area is 114 Å². The van der Waals surface area contributed by atoms with Crippen LogP contribution < -0.4 is 5.32 Å². The van der Waals surface area contributed by atoms with Crippen LogP contribution in [0, 0.1) is 5.41 Å². The Hall–Kier alpha value is -0.0800. The van der Waals surface area contributed by atoms with Crippen LogP contribution in [0.1, 0.15) is 72.1 Å². The van der Waals surface area contributed by atoms with Gasteiger partial charge in [0.25, 0.3) is 0 Å². The summed E-state index contributed by atoms with van der Waals surface area (Å²) in [5.41, 5.74) is 0.425. The van der Waals surface area contributed by atoms with Crippen molar-refractivity contribution in [3.63, 3.8) is 0 Å². The van der Waals surface area contributed by atoms with E-state index >= 15 is 0 Å². The first-order valence-electron chi connectivity index (χ1n) is 8.00. The van der Waals surface area contributed by atoms with Gasteiger partial charge in [-0.3, -0.25) is 0 Å². The second-order valence-electron chi connectivity index (χ2n) is 6.36. The average molecular weight is 255 g/mol. The standard InChI is InChI=1S/C16H33NO/c1-4-5-6-7-8-10-16(13-17-15(2)3)11-9-12-18-14-16/h15,17H,4-14H2,1-3H3. The van der Waals surface area contributed by atoms with E-state index in [9.17, 15) is 0 Å². The number of unbranched alkanes of at least 4 members (excludes halogenated alkanes) is 4. The van der Waals surface area contributed by atoms with Crippen LogP contribution in [0.3, 0.4) is 0 Å². The van der Waals surface area contributed by atoms with Crippen molar-refractivity contribution in [1.29, 1.82) is 0 Å². The fourth-order valence-electron chi connectivity index (χ4n) is 2.86. The summed E-state index contributed by atoms with van der Waals surface area (Å²) in [5, 5.41) is 3.63. The van der Waals surface area contributed by atoms with Gasteiger partial charge in [-0.15, -0.1) is 0 Å². The Kier molecular flexibility index (Phi) is 7.92. The highest BCUT2D eigenvalue weighted by molar-refractivity contribution is 4.84. The van der Waals surface area contributed by atoms with Crippen molar-refractivity contribution < 1.29 is 4.74 Å². The molecule has 0 spiro atoms. The Balaban J connectivity index is 2.29. The van der Waals surface area contributed by atoms with Crippen molar-refractivity contribution in [2.75, 3.05) is 19.8 Å². The van der Waals surface area contributed by atoms with E-state index in [1.165, 1.54) is 51.4 Å². The van der Waals surface area contributed by atoms with E-state index in [-0.39, 0.29) is 0 Å². The molecule has 0 radical (unpaired) electrons. The Morgan fingerprint density at radius 1 is 1.17 bits per heavy atom. The zero-order chi connectivity index (χ0) is 13.3. The van der Waals surface area contributed by atoms with E-state index in [1.807, 2.05) is 0 Å². The summed E-state index contributed by atoms with van der Waals surface area (Å²) in [7, 11) is 0. The van der Waals surface area contributed by atoms with Crippen LogP contribution in [0.15, 0.2) is 0 Å². The fraction of sp³-hybridized carbons (Fsp3) is 1.00. The lowest BCUT2D eigenvalue weighted by atomic mass is 9.77. The number of hydrogen-bond donors (Lipinski definition) is 1. The predicted molar refractivity (Wildman–Crippen MR) is 79.0 cm³/mol. The molecule has 0 aromatic heterocycles. The second-order valence-corrected chi connectivity index (χ2v) is 6.36. The molecule has 1 aliphatic heterocycles. The van der Waals surface area contributed by atoms with Gasteiger partial charge in [0.2, 0.25) is 0 Å². The summed E-state index contributed by atoms with van der Waals surface area (Å²) in [5.74, 6) is 0. The van der Waals surface area contributed by atoms with Crippen molar-refractivity contribution in [2.45, 2.75) is 78.2 Å². The molecular weight excluding hydrogens is 222 g/mol. The molecular formula is C16H33NO. The van der Waals surface area contributed by atoms with E-state index in [0.29, 0.717) is 11.5 Å². The first-order valence-corrected chi connectivity index (χ1v) is 8.00. The third-order valence-electron chi connectivity index (χ3n) is 4.10. The van der Waals surface area contributed by atoms with Gasteiger partial charge < -0.3 is 10.1 Å². The molecule has 0 bridgehead atoms. The molecule has 108 valence electrons. The molecule has 1 rings (SSSR count). The summed E-state index contributed by atoms with van der Waals surface area (Å²) in [4.78, 5) is 0. The number of nitrogens with one attached hydrogen (secondary N) is 1. The van der Waals surface area contributed by atoms with E-state index in [2.05, 4.69) is 26.1 Å². The maximum atomic E-state index is 5.76. The molecule has 18 heavy (non-hydrogen) atoms. The monoisotopic (exact) mass is 255 g/mol. The van der Waals surface area contributed by atoms with Crippen LogP contribution in [0.2, 0.25) is 0 Å². The van der Waals surface area contributed by atoms with Crippen molar-refractivity contribution >= 4 is 0 Å². The van der Waals surface area contributed by atoms with E-state index in [1.54, 1.807) is 0 Å².